The number of morpholine rings is 1. The van der Waals surface area contributed by atoms with Crippen LogP contribution < -0.4 is 10.2 Å². The molecule has 2 aromatic rings. The molecule has 2 aliphatic rings. The molecular weight excluding hydrogens is 450 g/mol. The number of carbonyl (C=O) groups excluding carboxylic acids is 1. The molecule has 172 valence electrons. The van der Waals surface area contributed by atoms with Crippen LogP contribution in [0.25, 0.3) is 0 Å². The Morgan fingerprint density at radius 2 is 1.78 bits per heavy atom. The molecule has 1 N–H and O–H groups in total. The molecule has 1 aliphatic heterocycles. The zero-order valence-electron chi connectivity index (χ0n) is 18.3. The predicted molar refractivity (Wildman–Crippen MR) is 125 cm³/mol. The molecule has 2 aromatic carbocycles. The maximum absolute atomic E-state index is 13.5. The molecule has 32 heavy (non-hydrogen) atoms. The molecule has 1 amide bonds. The number of carbonyl (C=O) groups is 1. The zero-order chi connectivity index (χ0) is 22.9. The fourth-order valence-corrected chi connectivity index (χ4v) is 4.99. The van der Waals surface area contributed by atoms with Crippen molar-refractivity contribution >= 4 is 33.2 Å². The van der Waals surface area contributed by atoms with Crippen LogP contribution in [-0.2, 0) is 14.8 Å². The van der Waals surface area contributed by atoms with Crippen molar-refractivity contribution in [1.82, 2.24) is 9.62 Å². The Morgan fingerprint density at radius 3 is 2.38 bits per heavy atom. The van der Waals surface area contributed by atoms with Gasteiger partial charge in [0.1, 0.15) is 0 Å². The molecular formula is C23H28ClN3O4S. The minimum atomic E-state index is -3.67. The van der Waals surface area contributed by atoms with E-state index >= 15 is 0 Å². The van der Waals surface area contributed by atoms with Gasteiger partial charge in [-0.05, 0) is 54.7 Å². The number of ether oxygens (including phenoxy) is 1. The van der Waals surface area contributed by atoms with E-state index in [1.54, 1.807) is 12.1 Å². The van der Waals surface area contributed by atoms with Crippen LogP contribution in [0, 0.1) is 5.92 Å². The van der Waals surface area contributed by atoms with Crippen LogP contribution in [0.4, 0.5) is 5.69 Å². The van der Waals surface area contributed by atoms with Crippen LogP contribution in [-0.4, -0.2) is 59.0 Å². The van der Waals surface area contributed by atoms with Gasteiger partial charge in [-0.15, -0.1) is 0 Å². The summed E-state index contributed by atoms with van der Waals surface area (Å²) in [7, 11) is -0.713. The maximum atomic E-state index is 13.5. The van der Waals surface area contributed by atoms with Gasteiger partial charge in [-0.3, -0.25) is 4.79 Å². The number of amides is 1. The van der Waals surface area contributed by atoms with Gasteiger partial charge in [-0.25, -0.2) is 12.7 Å². The van der Waals surface area contributed by atoms with E-state index in [1.165, 1.54) is 20.2 Å². The third-order valence-electron chi connectivity index (χ3n) is 5.95. The van der Waals surface area contributed by atoms with E-state index < -0.39 is 10.0 Å². The number of nitrogens with one attached hydrogen (secondary N) is 1. The largest absolute Gasteiger partial charge is 0.378 e. The van der Waals surface area contributed by atoms with Crippen LogP contribution in [0.3, 0.4) is 0 Å². The van der Waals surface area contributed by atoms with Crippen LogP contribution in [0.2, 0.25) is 5.02 Å². The fraction of sp³-hybridized carbons (Fsp3) is 0.435. The number of rotatable bonds is 7. The summed E-state index contributed by atoms with van der Waals surface area (Å²) < 4.78 is 32.1. The van der Waals surface area contributed by atoms with Crippen molar-refractivity contribution in [3.63, 3.8) is 0 Å². The van der Waals surface area contributed by atoms with Gasteiger partial charge in [0, 0.05) is 37.9 Å². The summed E-state index contributed by atoms with van der Waals surface area (Å²) in [4.78, 5) is 15.7. The Labute approximate surface area is 194 Å². The van der Waals surface area contributed by atoms with Gasteiger partial charge in [0.2, 0.25) is 10.0 Å². The Bertz CT molecular complexity index is 1080. The van der Waals surface area contributed by atoms with Crippen molar-refractivity contribution in [2.24, 2.45) is 5.92 Å². The van der Waals surface area contributed by atoms with E-state index in [-0.39, 0.29) is 16.8 Å². The Hall–Kier alpha value is -2.13. The lowest BCUT2D eigenvalue weighted by molar-refractivity contribution is 0.0930. The molecule has 1 saturated heterocycles. The minimum absolute atomic E-state index is 0.0964. The first kappa shape index (κ1) is 23.0. The van der Waals surface area contributed by atoms with Crippen molar-refractivity contribution in [3.8, 4) is 0 Å². The van der Waals surface area contributed by atoms with Crippen molar-refractivity contribution < 1.29 is 17.9 Å². The number of halogens is 1. The maximum Gasteiger partial charge on any atom is 0.253 e. The van der Waals surface area contributed by atoms with Gasteiger partial charge in [-0.1, -0.05) is 23.7 Å². The first-order valence-electron chi connectivity index (χ1n) is 10.7. The average molecular weight is 478 g/mol. The monoisotopic (exact) mass is 477 g/mol. The summed E-state index contributed by atoms with van der Waals surface area (Å²) in [6, 6.07) is 12.1. The van der Waals surface area contributed by atoms with Gasteiger partial charge < -0.3 is 15.0 Å². The quantitative estimate of drug-likeness (QED) is 0.661. The van der Waals surface area contributed by atoms with Crippen LogP contribution in [0.15, 0.2) is 47.4 Å². The topological polar surface area (TPSA) is 79.0 Å². The lowest BCUT2D eigenvalue weighted by Crippen LogP contribution is -2.38. The molecule has 7 nitrogen and oxygen atoms in total. The highest BCUT2D eigenvalue weighted by atomic mass is 35.5. The predicted octanol–water partition coefficient (Wildman–Crippen LogP) is 3.31. The first-order chi connectivity index (χ1) is 15.3. The van der Waals surface area contributed by atoms with Crippen LogP contribution in [0.5, 0.6) is 0 Å². The third-order valence-corrected chi connectivity index (χ3v) is 8.02. The molecule has 9 heteroatoms. The summed E-state index contributed by atoms with van der Waals surface area (Å²) in [6.45, 7) is 2.41. The molecule has 2 fully saturated rings. The second-order valence-electron chi connectivity index (χ2n) is 8.41. The zero-order valence-corrected chi connectivity index (χ0v) is 19.8. The molecule has 1 saturated carbocycles. The fourth-order valence-electron chi connectivity index (χ4n) is 3.94. The molecule has 0 unspecified atom stereocenters. The molecule has 0 aromatic heterocycles. The van der Waals surface area contributed by atoms with Crippen molar-refractivity contribution in [2.75, 3.05) is 45.3 Å². The van der Waals surface area contributed by atoms with E-state index in [0.29, 0.717) is 48.5 Å². The highest BCUT2D eigenvalue weighted by molar-refractivity contribution is 7.89. The molecule has 4 rings (SSSR count). The van der Waals surface area contributed by atoms with Gasteiger partial charge >= 0.3 is 0 Å². The van der Waals surface area contributed by atoms with Crippen molar-refractivity contribution in [1.29, 1.82) is 0 Å². The number of sulfonamides is 1. The SMILES string of the molecule is CN(C)S(=O)(=O)c1ccc(N2CCOCC2)c(C(=O)N[C@@H](c2ccc(Cl)cc2)C2CC2)c1. The van der Waals surface area contributed by atoms with E-state index in [0.717, 1.165) is 22.7 Å². The van der Waals surface area contributed by atoms with E-state index in [9.17, 15) is 13.2 Å². The summed E-state index contributed by atoms with van der Waals surface area (Å²) in [5.41, 5.74) is 2.07. The smallest absolute Gasteiger partial charge is 0.253 e. The highest BCUT2D eigenvalue weighted by Crippen LogP contribution is 2.41. The second kappa shape index (κ2) is 9.39. The number of anilines is 1. The summed E-state index contributed by atoms with van der Waals surface area (Å²) >= 11 is 6.04. The number of nitrogens with zero attached hydrogens (tertiary/aromatic N) is 2. The van der Waals surface area contributed by atoms with Crippen molar-refractivity contribution in [3.05, 3.63) is 58.6 Å². The molecule has 0 spiro atoms. The minimum Gasteiger partial charge on any atom is -0.378 e. The van der Waals surface area contributed by atoms with Gasteiger partial charge in [0.05, 0.1) is 29.7 Å². The van der Waals surface area contributed by atoms with Gasteiger partial charge in [-0.2, -0.15) is 0 Å². The standard InChI is InChI=1S/C23H28ClN3O4S/c1-26(2)32(29,30)19-9-10-21(27-11-13-31-14-12-27)20(15-19)23(28)25-22(16-3-4-16)17-5-7-18(24)8-6-17/h5-10,15-16,22H,3-4,11-14H2,1-2H3,(H,25,28)/t22-/m1/s1. The molecule has 1 aliphatic carbocycles. The number of hydrogen-bond acceptors (Lipinski definition) is 5. The highest BCUT2D eigenvalue weighted by Gasteiger charge is 2.34. The van der Waals surface area contributed by atoms with Gasteiger partial charge in [0.25, 0.3) is 5.91 Å². The van der Waals surface area contributed by atoms with Crippen molar-refractivity contribution in [2.45, 2.75) is 23.8 Å². The van der Waals surface area contributed by atoms with Crippen LogP contribution >= 0.6 is 11.6 Å². The van der Waals surface area contributed by atoms with E-state index in [2.05, 4.69) is 10.2 Å². The Kier molecular flexibility index (Phi) is 6.76. The third kappa shape index (κ3) is 4.93. The van der Waals surface area contributed by atoms with E-state index in [4.69, 9.17) is 16.3 Å². The Morgan fingerprint density at radius 1 is 1.12 bits per heavy atom. The number of benzene rings is 2. The Balaban J connectivity index is 1.70. The van der Waals surface area contributed by atoms with Crippen LogP contribution in [0.1, 0.15) is 34.8 Å². The average Bonchev–Trinajstić information content (AvgIpc) is 3.63. The second-order valence-corrected chi connectivity index (χ2v) is 11.0. The van der Waals surface area contributed by atoms with Gasteiger partial charge in [0.15, 0.2) is 0 Å². The molecule has 1 heterocycles. The summed E-state index contributed by atoms with van der Waals surface area (Å²) in [6.07, 6.45) is 2.08. The lowest BCUT2D eigenvalue weighted by Gasteiger charge is -2.31. The lowest BCUT2D eigenvalue weighted by atomic mass is 10.0. The van der Waals surface area contributed by atoms with E-state index in [1.807, 2.05) is 24.3 Å². The summed E-state index contributed by atoms with van der Waals surface area (Å²) in [5.74, 6) is 0.0785. The first-order valence-corrected chi connectivity index (χ1v) is 12.5. The molecule has 0 radical (unpaired) electrons. The molecule has 0 bridgehead atoms. The molecule has 1 atom stereocenters. The number of hydrogen-bond donors (Lipinski definition) is 1. The summed E-state index contributed by atoms with van der Waals surface area (Å²) in [5, 5.41) is 3.81. The normalized spacial score (nSPS) is 17.9.